The number of benzene rings is 2. The second-order valence-electron chi connectivity index (χ2n) is 4.27. The number of hydrogen-bond donors (Lipinski definition) is 2. The fraction of sp³-hybridized carbons (Fsp3) is 0.133. The molecule has 3 N–H and O–H groups in total. The lowest BCUT2D eigenvalue weighted by molar-refractivity contribution is -0.116. The molecule has 19 heavy (non-hydrogen) atoms. The SMILES string of the molecule is Nc1ccc(NC(=O)CCc2ccccc2)c(Br)c1. The summed E-state index contributed by atoms with van der Waals surface area (Å²) < 4.78 is 0.792. The Balaban J connectivity index is 1.91. The first-order chi connectivity index (χ1) is 9.15. The Kier molecular flexibility index (Phi) is 4.58. The van der Waals surface area contributed by atoms with E-state index in [1.807, 2.05) is 30.3 Å². The van der Waals surface area contributed by atoms with Gasteiger partial charge in [-0.3, -0.25) is 4.79 Å². The number of nitrogen functional groups attached to an aromatic ring is 1. The summed E-state index contributed by atoms with van der Waals surface area (Å²) >= 11 is 3.38. The van der Waals surface area contributed by atoms with Crippen molar-refractivity contribution in [3.8, 4) is 0 Å². The standard InChI is InChI=1S/C15H15BrN2O/c16-13-10-12(17)7-8-14(13)18-15(19)9-6-11-4-2-1-3-5-11/h1-5,7-8,10H,6,9,17H2,(H,18,19). The molecule has 0 aliphatic carbocycles. The third kappa shape index (κ3) is 4.10. The lowest BCUT2D eigenvalue weighted by Gasteiger charge is -2.08. The van der Waals surface area contributed by atoms with Gasteiger partial charge in [0.15, 0.2) is 0 Å². The zero-order chi connectivity index (χ0) is 13.7. The van der Waals surface area contributed by atoms with Crippen molar-refractivity contribution >= 4 is 33.2 Å². The number of rotatable bonds is 4. The molecule has 0 spiro atoms. The number of halogens is 1. The van der Waals surface area contributed by atoms with E-state index >= 15 is 0 Å². The smallest absolute Gasteiger partial charge is 0.224 e. The molecule has 2 rings (SSSR count). The van der Waals surface area contributed by atoms with E-state index in [2.05, 4.69) is 21.2 Å². The molecule has 0 aliphatic rings. The van der Waals surface area contributed by atoms with Crippen LogP contribution in [0.5, 0.6) is 0 Å². The monoisotopic (exact) mass is 318 g/mol. The molecule has 98 valence electrons. The number of aryl methyl sites for hydroxylation is 1. The molecular formula is C15H15BrN2O. The summed E-state index contributed by atoms with van der Waals surface area (Å²) in [5.74, 6) is -0.00526. The largest absolute Gasteiger partial charge is 0.399 e. The number of nitrogens with one attached hydrogen (secondary N) is 1. The molecule has 0 bridgehead atoms. The van der Waals surface area contributed by atoms with Crippen molar-refractivity contribution < 1.29 is 4.79 Å². The minimum absolute atomic E-state index is 0.00526. The summed E-state index contributed by atoms with van der Waals surface area (Å²) in [6, 6.07) is 15.3. The number of hydrogen-bond acceptors (Lipinski definition) is 2. The van der Waals surface area contributed by atoms with Crippen LogP contribution in [0, 0.1) is 0 Å². The lowest BCUT2D eigenvalue weighted by atomic mass is 10.1. The molecule has 2 aromatic carbocycles. The van der Waals surface area contributed by atoms with Gasteiger partial charge in [-0.2, -0.15) is 0 Å². The zero-order valence-corrected chi connectivity index (χ0v) is 12.0. The molecule has 0 fully saturated rings. The van der Waals surface area contributed by atoms with Crippen molar-refractivity contribution in [2.45, 2.75) is 12.8 Å². The van der Waals surface area contributed by atoms with Crippen molar-refractivity contribution in [2.24, 2.45) is 0 Å². The van der Waals surface area contributed by atoms with Crippen LogP contribution < -0.4 is 11.1 Å². The van der Waals surface area contributed by atoms with E-state index in [4.69, 9.17) is 5.73 Å². The van der Waals surface area contributed by atoms with E-state index in [0.717, 1.165) is 22.1 Å². The quantitative estimate of drug-likeness (QED) is 0.846. The third-order valence-corrected chi connectivity index (χ3v) is 3.41. The van der Waals surface area contributed by atoms with E-state index < -0.39 is 0 Å². The first-order valence-electron chi connectivity index (χ1n) is 6.04. The molecule has 0 heterocycles. The highest BCUT2D eigenvalue weighted by atomic mass is 79.9. The van der Waals surface area contributed by atoms with Crippen molar-refractivity contribution in [1.82, 2.24) is 0 Å². The predicted octanol–water partition coefficient (Wildman–Crippen LogP) is 3.60. The normalized spacial score (nSPS) is 10.2. The molecule has 1 amide bonds. The highest BCUT2D eigenvalue weighted by molar-refractivity contribution is 9.10. The Morgan fingerprint density at radius 2 is 1.89 bits per heavy atom. The predicted molar refractivity (Wildman–Crippen MR) is 81.9 cm³/mol. The van der Waals surface area contributed by atoms with E-state index in [0.29, 0.717) is 12.1 Å². The fourth-order valence-corrected chi connectivity index (χ4v) is 2.24. The maximum atomic E-state index is 11.9. The van der Waals surface area contributed by atoms with Gasteiger partial charge in [0.2, 0.25) is 5.91 Å². The van der Waals surface area contributed by atoms with Crippen LogP contribution in [-0.2, 0) is 11.2 Å². The second-order valence-corrected chi connectivity index (χ2v) is 5.13. The lowest BCUT2D eigenvalue weighted by Crippen LogP contribution is -2.12. The van der Waals surface area contributed by atoms with Crippen molar-refractivity contribution in [3.05, 3.63) is 58.6 Å². The molecule has 0 saturated carbocycles. The average molecular weight is 319 g/mol. The topological polar surface area (TPSA) is 55.1 Å². The van der Waals surface area contributed by atoms with E-state index in [9.17, 15) is 4.79 Å². The van der Waals surface area contributed by atoms with Crippen LogP contribution in [0.25, 0.3) is 0 Å². The van der Waals surface area contributed by atoms with Gasteiger partial charge in [-0.05, 0) is 46.1 Å². The van der Waals surface area contributed by atoms with Crippen molar-refractivity contribution in [2.75, 3.05) is 11.1 Å². The van der Waals surface area contributed by atoms with Gasteiger partial charge in [0.25, 0.3) is 0 Å². The zero-order valence-electron chi connectivity index (χ0n) is 10.4. The summed E-state index contributed by atoms with van der Waals surface area (Å²) in [5, 5.41) is 2.87. The van der Waals surface area contributed by atoms with E-state index in [-0.39, 0.29) is 5.91 Å². The average Bonchev–Trinajstić information content (AvgIpc) is 2.41. The summed E-state index contributed by atoms with van der Waals surface area (Å²) in [5.41, 5.74) is 8.22. The van der Waals surface area contributed by atoms with Crippen LogP contribution in [0.15, 0.2) is 53.0 Å². The summed E-state index contributed by atoms with van der Waals surface area (Å²) in [4.78, 5) is 11.9. The van der Waals surface area contributed by atoms with Crippen LogP contribution in [0.3, 0.4) is 0 Å². The van der Waals surface area contributed by atoms with Crippen LogP contribution in [0.4, 0.5) is 11.4 Å². The third-order valence-electron chi connectivity index (χ3n) is 2.75. The minimum atomic E-state index is -0.00526. The van der Waals surface area contributed by atoms with Crippen molar-refractivity contribution in [3.63, 3.8) is 0 Å². The van der Waals surface area contributed by atoms with Gasteiger partial charge < -0.3 is 11.1 Å². The molecule has 4 heteroatoms. The van der Waals surface area contributed by atoms with Gasteiger partial charge in [-0.25, -0.2) is 0 Å². The fourth-order valence-electron chi connectivity index (χ4n) is 1.75. The van der Waals surface area contributed by atoms with Gasteiger partial charge in [0.1, 0.15) is 0 Å². The second kappa shape index (κ2) is 6.38. The Hall–Kier alpha value is -1.81. The Morgan fingerprint density at radius 3 is 2.58 bits per heavy atom. The van der Waals surface area contributed by atoms with E-state index in [1.165, 1.54) is 0 Å². The first-order valence-corrected chi connectivity index (χ1v) is 6.83. The Morgan fingerprint density at radius 1 is 1.16 bits per heavy atom. The van der Waals surface area contributed by atoms with Crippen LogP contribution in [0.1, 0.15) is 12.0 Å². The number of anilines is 2. The number of amides is 1. The molecule has 2 aromatic rings. The molecule has 0 atom stereocenters. The number of nitrogens with two attached hydrogens (primary N) is 1. The summed E-state index contributed by atoms with van der Waals surface area (Å²) in [6.07, 6.45) is 1.19. The van der Waals surface area contributed by atoms with Gasteiger partial charge in [-0.1, -0.05) is 30.3 Å². The maximum Gasteiger partial charge on any atom is 0.224 e. The van der Waals surface area contributed by atoms with E-state index in [1.54, 1.807) is 18.2 Å². The van der Waals surface area contributed by atoms with Crippen molar-refractivity contribution in [1.29, 1.82) is 0 Å². The molecule has 0 aliphatic heterocycles. The highest BCUT2D eigenvalue weighted by Crippen LogP contribution is 2.24. The molecule has 0 unspecified atom stereocenters. The molecule has 0 saturated heterocycles. The molecule has 3 nitrogen and oxygen atoms in total. The van der Waals surface area contributed by atoms with Gasteiger partial charge in [0, 0.05) is 16.6 Å². The van der Waals surface area contributed by atoms with Gasteiger partial charge in [0.05, 0.1) is 5.69 Å². The van der Waals surface area contributed by atoms with Gasteiger partial charge in [-0.15, -0.1) is 0 Å². The van der Waals surface area contributed by atoms with Crippen LogP contribution >= 0.6 is 15.9 Å². The minimum Gasteiger partial charge on any atom is -0.399 e. The van der Waals surface area contributed by atoms with Gasteiger partial charge >= 0.3 is 0 Å². The Bertz CT molecular complexity index is 570. The molecular weight excluding hydrogens is 304 g/mol. The highest BCUT2D eigenvalue weighted by Gasteiger charge is 2.06. The number of carbonyl (C=O) groups is 1. The summed E-state index contributed by atoms with van der Waals surface area (Å²) in [7, 11) is 0. The molecule has 0 radical (unpaired) electrons. The molecule has 0 aromatic heterocycles. The van der Waals surface area contributed by atoms with Crippen LogP contribution in [0.2, 0.25) is 0 Å². The maximum absolute atomic E-state index is 11.9. The first kappa shape index (κ1) is 13.6. The van der Waals surface area contributed by atoms with Crippen LogP contribution in [-0.4, -0.2) is 5.91 Å². The summed E-state index contributed by atoms with van der Waals surface area (Å²) in [6.45, 7) is 0. The number of carbonyl (C=O) groups excluding carboxylic acids is 1. The Labute approximate surface area is 121 Å².